The van der Waals surface area contributed by atoms with Crippen LogP contribution in [0.3, 0.4) is 0 Å². The molecule has 20 heavy (non-hydrogen) atoms. The Balaban J connectivity index is 2.44. The quantitative estimate of drug-likeness (QED) is 0.685. The zero-order valence-corrected chi connectivity index (χ0v) is 12.7. The second-order valence-corrected chi connectivity index (χ2v) is 5.50. The van der Waals surface area contributed by atoms with Gasteiger partial charge in [0, 0.05) is 11.4 Å². The first-order valence-electron chi connectivity index (χ1n) is 6.77. The molecule has 2 N–H and O–H groups in total. The van der Waals surface area contributed by atoms with Gasteiger partial charge in [-0.2, -0.15) is 0 Å². The van der Waals surface area contributed by atoms with Crippen LogP contribution in [0.5, 0.6) is 0 Å². The number of carbonyl (C=O) groups excluding carboxylic acids is 1. The summed E-state index contributed by atoms with van der Waals surface area (Å²) in [5.74, 6) is -1.13. The molecule has 112 valence electrons. The summed E-state index contributed by atoms with van der Waals surface area (Å²) in [4.78, 5) is 24.2. The van der Waals surface area contributed by atoms with Gasteiger partial charge in [-0.1, -0.05) is 20.3 Å². The zero-order chi connectivity index (χ0) is 15.0. The van der Waals surface area contributed by atoms with Gasteiger partial charge in [0.25, 0.3) is 5.91 Å². The van der Waals surface area contributed by atoms with Crippen LogP contribution in [-0.4, -0.2) is 36.7 Å². The van der Waals surface area contributed by atoms with Crippen LogP contribution in [0.1, 0.15) is 40.4 Å². The van der Waals surface area contributed by atoms with Crippen LogP contribution >= 0.6 is 11.3 Å². The van der Waals surface area contributed by atoms with Crippen molar-refractivity contribution in [1.82, 2.24) is 5.32 Å². The summed E-state index contributed by atoms with van der Waals surface area (Å²) in [6, 6.07) is 1.95. The van der Waals surface area contributed by atoms with Gasteiger partial charge in [-0.05, 0) is 24.5 Å². The Bertz CT molecular complexity index is 456. The number of aryl methyl sites for hydroxylation is 2. The van der Waals surface area contributed by atoms with E-state index in [4.69, 9.17) is 9.84 Å². The van der Waals surface area contributed by atoms with Crippen molar-refractivity contribution in [2.45, 2.75) is 33.1 Å². The van der Waals surface area contributed by atoms with E-state index in [0.29, 0.717) is 11.4 Å². The summed E-state index contributed by atoms with van der Waals surface area (Å²) in [6.45, 7) is 4.39. The SMILES string of the molecule is CCCc1sc(C(=O)NCCOCC(=O)O)cc1CC. The third kappa shape index (κ3) is 5.30. The maximum atomic E-state index is 12.0. The molecule has 0 aliphatic carbocycles. The molecular weight excluding hydrogens is 278 g/mol. The van der Waals surface area contributed by atoms with E-state index in [9.17, 15) is 9.59 Å². The van der Waals surface area contributed by atoms with Crippen LogP contribution in [0, 0.1) is 0 Å². The second kappa shape index (κ2) is 8.71. The Morgan fingerprint density at radius 1 is 1.40 bits per heavy atom. The van der Waals surface area contributed by atoms with Crippen LogP contribution < -0.4 is 5.32 Å². The fourth-order valence-electron chi connectivity index (χ4n) is 1.80. The van der Waals surface area contributed by atoms with Gasteiger partial charge in [0.2, 0.25) is 0 Å². The normalized spacial score (nSPS) is 10.5. The van der Waals surface area contributed by atoms with Crippen LogP contribution in [0.15, 0.2) is 6.07 Å². The first-order chi connectivity index (χ1) is 9.58. The average Bonchev–Trinajstić information content (AvgIpc) is 2.81. The largest absolute Gasteiger partial charge is 0.480 e. The van der Waals surface area contributed by atoms with E-state index in [1.807, 2.05) is 6.07 Å². The van der Waals surface area contributed by atoms with Gasteiger partial charge in [-0.3, -0.25) is 4.79 Å². The first-order valence-corrected chi connectivity index (χ1v) is 7.59. The van der Waals surface area contributed by atoms with E-state index in [1.165, 1.54) is 21.8 Å². The van der Waals surface area contributed by atoms with E-state index in [0.717, 1.165) is 19.3 Å². The summed E-state index contributed by atoms with van der Waals surface area (Å²) in [5.41, 5.74) is 1.24. The lowest BCUT2D eigenvalue weighted by Crippen LogP contribution is -2.27. The van der Waals surface area contributed by atoms with Crippen LogP contribution in [0.2, 0.25) is 0 Å². The van der Waals surface area contributed by atoms with Gasteiger partial charge >= 0.3 is 5.97 Å². The molecule has 1 heterocycles. The van der Waals surface area contributed by atoms with Crippen LogP contribution in [0.25, 0.3) is 0 Å². The third-order valence-corrected chi connectivity index (χ3v) is 3.97. The molecule has 0 bridgehead atoms. The average molecular weight is 299 g/mol. The number of aliphatic carboxylic acids is 1. The summed E-state index contributed by atoms with van der Waals surface area (Å²) in [5, 5.41) is 11.1. The topological polar surface area (TPSA) is 75.6 Å². The highest BCUT2D eigenvalue weighted by molar-refractivity contribution is 7.14. The molecule has 0 saturated heterocycles. The lowest BCUT2D eigenvalue weighted by Gasteiger charge is -2.03. The number of hydrogen-bond donors (Lipinski definition) is 2. The van der Waals surface area contributed by atoms with Crippen molar-refractivity contribution in [3.05, 3.63) is 21.4 Å². The Hall–Kier alpha value is -1.40. The summed E-state index contributed by atoms with van der Waals surface area (Å²) in [6.07, 6.45) is 3.00. The number of ether oxygens (including phenoxy) is 1. The monoisotopic (exact) mass is 299 g/mol. The number of carboxylic acid groups (broad SMARTS) is 1. The Morgan fingerprint density at radius 3 is 2.75 bits per heavy atom. The van der Waals surface area contributed by atoms with E-state index in [1.54, 1.807) is 0 Å². The molecule has 1 amide bonds. The van der Waals surface area contributed by atoms with Crippen LogP contribution in [-0.2, 0) is 22.4 Å². The number of nitrogens with one attached hydrogen (secondary N) is 1. The molecule has 0 fully saturated rings. The summed E-state index contributed by atoms with van der Waals surface area (Å²) < 4.78 is 4.86. The highest BCUT2D eigenvalue weighted by atomic mass is 32.1. The molecule has 5 nitrogen and oxygen atoms in total. The van der Waals surface area contributed by atoms with E-state index in [2.05, 4.69) is 19.2 Å². The van der Waals surface area contributed by atoms with Gasteiger partial charge in [-0.25, -0.2) is 4.79 Å². The molecule has 1 aromatic rings. The molecule has 1 rings (SSSR count). The maximum Gasteiger partial charge on any atom is 0.329 e. The van der Waals surface area contributed by atoms with Crippen molar-refractivity contribution in [3.8, 4) is 0 Å². The Labute approximate surface area is 123 Å². The molecule has 0 aliphatic rings. The van der Waals surface area contributed by atoms with Gasteiger partial charge in [0.1, 0.15) is 6.61 Å². The Morgan fingerprint density at radius 2 is 2.15 bits per heavy atom. The predicted octanol–water partition coefficient (Wildman–Crippen LogP) is 2.09. The van der Waals surface area contributed by atoms with Crippen molar-refractivity contribution in [1.29, 1.82) is 0 Å². The minimum absolute atomic E-state index is 0.119. The molecule has 6 heteroatoms. The molecule has 0 aliphatic heterocycles. The fraction of sp³-hybridized carbons (Fsp3) is 0.571. The smallest absolute Gasteiger partial charge is 0.329 e. The summed E-state index contributed by atoms with van der Waals surface area (Å²) in [7, 11) is 0. The first kappa shape index (κ1) is 16.7. The van der Waals surface area contributed by atoms with Crippen molar-refractivity contribution >= 4 is 23.2 Å². The van der Waals surface area contributed by atoms with Crippen LogP contribution in [0.4, 0.5) is 0 Å². The molecular formula is C14H21NO4S. The standard InChI is InChI=1S/C14H21NO4S/c1-3-5-11-10(4-2)8-12(20-11)14(18)15-6-7-19-9-13(16)17/h8H,3-7,9H2,1-2H3,(H,15,18)(H,16,17). The number of amides is 1. The number of hydrogen-bond acceptors (Lipinski definition) is 4. The summed E-state index contributed by atoms with van der Waals surface area (Å²) >= 11 is 1.54. The van der Waals surface area contributed by atoms with Gasteiger partial charge in [0.05, 0.1) is 11.5 Å². The molecule has 0 radical (unpaired) electrons. The molecule has 0 saturated carbocycles. The Kier molecular flexibility index (Phi) is 7.25. The van der Waals surface area contributed by atoms with Crippen molar-refractivity contribution in [2.75, 3.05) is 19.8 Å². The number of carboxylic acids is 1. The molecule has 0 aromatic carbocycles. The molecule has 0 atom stereocenters. The van der Waals surface area contributed by atoms with Crippen molar-refractivity contribution in [3.63, 3.8) is 0 Å². The highest BCUT2D eigenvalue weighted by Crippen LogP contribution is 2.24. The van der Waals surface area contributed by atoms with E-state index < -0.39 is 5.97 Å². The zero-order valence-electron chi connectivity index (χ0n) is 11.9. The maximum absolute atomic E-state index is 12.0. The molecule has 1 aromatic heterocycles. The number of carbonyl (C=O) groups is 2. The minimum atomic E-state index is -1.01. The van der Waals surface area contributed by atoms with Crippen molar-refractivity contribution in [2.24, 2.45) is 0 Å². The lowest BCUT2D eigenvalue weighted by atomic mass is 10.1. The predicted molar refractivity (Wildman–Crippen MR) is 78.5 cm³/mol. The lowest BCUT2D eigenvalue weighted by molar-refractivity contribution is -0.142. The highest BCUT2D eigenvalue weighted by Gasteiger charge is 2.12. The van der Waals surface area contributed by atoms with Crippen molar-refractivity contribution < 1.29 is 19.4 Å². The minimum Gasteiger partial charge on any atom is -0.480 e. The molecule has 0 unspecified atom stereocenters. The number of thiophene rings is 1. The molecule has 0 spiro atoms. The fourth-order valence-corrected chi connectivity index (χ4v) is 3.07. The van der Waals surface area contributed by atoms with E-state index >= 15 is 0 Å². The second-order valence-electron chi connectivity index (χ2n) is 4.36. The van der Waals surface area contributed by atoms with Gasteiger partial charge in [0.15, 0.2) is 0 Å². The third-order valence-electron chi connectivity index (χ3n) is 2.74. The van der Waals surface area contributed by atoms with Gasteiger partial charge < -0.3 is 15.2 Å². The number of rotatable bonds is 9. The van der Waals surface area contributed by atoms with Gasteiger partial charge in [-0.15, -0.1) is 11.3 Å². The van der Waals surface area contributed by atoms with E-state index in [-0.39, 0.29) is 19.1 Å².